The molecule has 5 nitrogen and oxygen atoms in total. The minimum Gasteiger partial charge on any atom is -0.490 e. The van der Waals surface area contributed by atoms with E-state index in [2.05, 4.69) is 0 Å². The average Bonchev–Trinajstić information content (AvgIpc) is 3.22. The van der Waals surface area contributed by atoms with Gasteiger partial charge in [0.25, 0.3) is 0 Å². The molecule has 0 radical (unpaired) electrons. The lowest BCUT2D eigenvalue weighted by atomic mass is 10.0. The number of aliphatic hydroxyl groups excluding tert-OH is 1. The number of rotatable bonds is 12. The monoisotopic (exact) mass is 428 g/mol. The molecular formula is C23H37ClO5. The number of hydrogen-bond acceptors (Lipinski definition) is 4. The molecule has 0 unspecified atom stereocenters. The van der Waals surface area contributed by atoms with Gasteiger partial charge < -0.3 is 14.9 Å². The molecule has 0 amide bonds. The van der Waals surface area contributed by atoms with Crippen LogP contribution in [0.4, 0.5) is 0 Å². The van der Waals surface area contributed by atoms with E-state index in [-0.39, 0.29) is 31.3 Å². The molecule has 29 heavy (non-hydrogen) atoms. The first-order chi connectivity index (χ1) is 13.8. The Morgan fingerprint density at radius 1 is 1.28 bits per heavy atom. The van der Waals surface area contributed by atoms with Gasteiger partial charge in [0.2, 0.25) is 0 Å². The van der Waals surface area contributed by atoms with Gasteiger partial charge in [0.05, 0.1) is 5.76 Å². The van der Waals surface area contributed by atoms with Crippen molar-refractivity contribution in [3.05, 3.63) is 35.1 Å². The van der Waals surface area contributed by atoms with Crippen molar-refractivity contribution in [2.75, 3.05) is 13.2 Å². The van der Waals surface area contributed by atoms with E-state index in [9.17, 15) is 9.59 Å². The standard InChI is InChI=1S/C15H21ClO2.C8H16O3/c1-3-14(16)10-12(2)18-11-15(17)9-8-13-6-4-5-7-13;1-2-7(6-9)4-3-5-8(10)11/h3,8-10,13H,4-7,11H2,1-2H3;7,9H,2-6H2,1H3,(H,10,11)/b9-8+,12-10+,14-3+;/t;7-/m.1/s1. The average molecular weight is 429 g/mol. The number of aliphatic carboxylic acids is 1. The number of carboxylic acid groups (broad SMARTS) is 1. The third-order valence-electron chi connectivity index (χ3n) is 4.85. The van der Waals surface area contributed by atoms with E-state index in [1.54, 1.807) is 25.2 Å². The third kappa shape index (κ3) is 16.0. The molecule has 0 bridgehead atoms. The molecule has 1 rings (SSSR count). The number of halogens is 1. The maximum atomic E-state index is 11.6. The van der Waals surface area contributed by atoms with Crippen LogP contribution in [0.2, 0.25) is 0 Å². The lowest BCUT2D eigenvalue weighted by Gasteiger charge is -2.08. The number of hydrogen-bond donors (Lipinski definition) is 2. The Bertz CT molecular complexity index is 556. The van der Waals surface area contributed by atoms with Crippen LogP contribution in [0.5, 0.6) is 0 Å². The van der Waals surface area contributed by atoms with E-state index in [0.29, 0.717) is 23.1 Å². The molecule has 0 aliphatic heterocycles. The van der Waals surface area contributed by atoms with Gasteiger partial charge in [-0.2, -0.15) is 0 Å². The van der Waals surface area contributed by atoms with Crippen LogP contribution in [0, 0.1) is 11.8 Å². The van der Waals surface area contributed by atoms with Gasteiger partial charge in [-0.15, -0.1) is 0 Å². The summed E-state index contributed by atoms with van der Waals surface area (Å²) in [6.45, 7) is 5.90. The summed E-state index contributed by atoms with van der Waals surface area (Å²) in [6, 6.07) is 0. The van der Waals surface area contributed by atoms with Gasteiger partial charge in [0.1, 0.15) is 6.61 Å². The number of carboxylic acids is 1. The molecule has 0 spiro atoms. The van der Waals surface area contributed by atoms with Gasteiger partial charge in [0.15, 0.2) is 5.78 Å². The first-order valence-corrected chi connectivity index (χ1v) is 10.9. The Labute approximate surface area is 180 Å². The van der Waals surface area contributed by atoms with Crippen LogP contribution in [0.25, 0.3) is 0 Å². The molecule has 1 saturated carbocycles. The summed E-state index contributed by atoms with van der Waals surface area (Å²) < 4.78 is 5.33. The molecular weight excluding hydrogens is 392 g/mol. The molecule has 0 aromatic rings. The molecule has 1 atom stereocenters. The van der Waals surface area contributed by atoms with Gasteiger partial charge in [0, 0.05) is 18.1 Å². The van der Waals surface area contributed by atoms with Crippen molar-refractivity contribution >= 4 is 23.4 Å². The fourth-order valence-electron chi connectivity index (χ4n) is 2.91. The summed E-state index contributed by atoms with van der Waals surface area (Å²) in [5.74, 6) is 0.780. The van der Waals surface area contributed by atoms with E-state index in [4.69, 9.17) is 26.6 Å². The zero-order valence-corrected chi connectivity index (χ0v) is 18.8. The molecule has 1 fully saturated rings. The zero-order valence-electron chi connectivity index (χ0n) is 18.0. The van der Waals surface area contributed by atoms with Crippen LogP contribution in [0.1, 0.15) is 72.1 Å². The fourth-order valence-corrected chi connectivity index (χ4v) is 3.07. The molecule has 0 aromatic carbocycles. The second-order valence-corrected chi connectivity index (χ2v) is 7.77. The van der Waals surface area contributed by atoms with Crippen LogP contribution in [0.15, 0.2) is 35.1 Å². The van der Waals surface area contributed by atoms with Crippen LogP contribution < -0.4 is 0 Å². The highest BCUT2D eigenvalue weighted by Crippen LogP contribution is 2.25. The number of ketones is 1. The van der Waals surface area contributed by atoms with Gasteiger partial charge in [-0.05, 0) is 63.5 Å². The van der Waals surface area contributed by atoms with E-state index >= 15 is 0 Å². The predicted octanol–water partition coefficient (Wildman–Crippen LogP) is 5.62. The Hall–Kier alpha value is -1.59. The summed E-state index contributed by atoms with van der Waals surface area (Å²) in [5, 5.41) is 17.7. The first-order valence-electron chi connectivity index (χ1n) is 10.5. The van der Waals surface area contributed by atoms with Crippen molar-refractivity contribution in [3.8, 4) is 0 Å². The number of carbonyl (C=O) groups excluding carboxylic acids is 1. The molecule has 1 aliphatic rings. The van der Waals surface area contributed by atoms with E-state index in [1.165, 1.54) is 25.7 Å². The molecule has 0 aromatic heterocycles. The summed E-state index contributed by atoms with van der Waals surface area (Å²) in [4.78, 5) is 21.7. The second kappa shape index (κ2) is 17.3. The van der Waals surface area contributed by atoms with Crippen molar-refractivity contribution in [2.24, 2.45) is 11.8 Å². The van der Waals surface area contributed by atoms with Crippen LogP contribution in [0.3, 0.4) is 0 Å². The largest absolute Gasteiger partial charge is 0.490 e. The number of ether oxygens (including phenoxy) is 1. The minimum atomic E-state index is -0.752. The van der Waals surface area contributed by atoms with E-state index in [1.807, 2.05) is 19.9 Å². The first kappa shape index (κ1) is 27.4. The van der Waals surface area contributed by atoms with E-state index < -0.39 is 5.97 Å². The summed E-state index contributed by atoms with van der Waals surface area (Å²) in [5.41, 5.74) is 0. The van der Waals surface area contributed by atoms with Crippen molar-refractivity contribution in [3.63, 3.8) is 0 Å². The molecule has 0 saturated heterocycles. The van der Waals surface area contributed by atoms with Crippen molar-refractivity contribution in [1.29, 1.82) is 0 Å². The van der Waals surface area contributed by atoms with E-state index in [0.717, 1.165) is 12.8 Å². The van der Waals surface area contributed by atoms with Gasteiger partial charge in [-0.25, -0.2) is 0 Å². The number of carbonyl (C=O) groups is 2. The lowest BCUT2D eigenvalue weighted by Crippen LogP contribution is -2.05. The smallest absolute Gasteiger partial charge is 0.303 e. The number of aliphatic hydroxyl groups is 1. The molecule has 0 heterocycles. The molecule has 1 aliphatic carbocycles. The van der Waals surface area contributed by atoms with Gasteiger partial charge in [-0.3, -0.25) is 9.59 Å². The van der Waals surface area contributed by atoms with Crippen LogP contribution >= 0.6 is 11.6 Å². The van der Waals surface area contributed by atoms with Gasteiger partial charge >= 0.3 is 5.97 Å². The Morgan fingerprint density at radius 2 is 1.93 bits per heavy atom. The normalized spacial score (nSPS) is 16.4. The Balaban J connectivity index is 0.000000614. The fraction of sp³-hybridized carbons (Fsp3) is 0.652. The molecule has 166 valence electrons. The Morgan fingerprint density at radius 3 is 2.45 bits per heavy atom. The molecule has 6 heteroatoms. The summed E-state index contributed by atoms with van der Waals surface area (Å²) in [6.07, 6.45) is 14.8. The SMILES string of the molecule is C/C=C(Cl)\C=C(/C)OCC(=O)/C=C/C1CCCC1.CC[C@@H](CO)CCCC(=O)O. The van der Waals surface area contributed by atoms with Crippen molar-refractivity contribution in [2.45, 2.75) is 72.1 Å². The summed E-state index contributed by atoms with van der Waals surface area (Å²) >= 11 is 5.83. The van der Waals surface area contributed by atoms with Crippen LogP contribution in [-0.4, -0.2) is 35.2 Å². The zero-order chi connectivity index (χ0) is 22.1. The topological polar surface area (TPSA) is 83.8 Å². The minimum absolute atomic E-state index is 0.00579. The number of allylic oxidation sites excluding steroid dienone is 5. The van der Waals surface area contributed by atoms with Gasteiger partial charge in [-0.1, -0.05) is 49.9 Å². The van der Waals surface area contributed by atoms with Crippen molar-refractivity contribution < 1.29 is 24.5 Å². The second-order valence-electron chi connectivity index (χ2n) is 7.33. The Kier molecular flexibility index (Phi) is 16.3. The highest BCUT2D eigenvalue weighted by molar-refractivity contribution is 6.31. The maximum Gasteiger partial charge on any atom is 0.303 e. The predicted molar refractivity (Wildman–Crippen MR) is 118 cm³/mol. The third-order valence-corrected chi connectivity index (χ3v) is 5.18. The quantitative estimate of drug-likeness (QED) is 0.239. The highest BCUT2D eigenvalue weighted by Gasteiger charge is 2.11. The highest BCUT2D eigenvalue weighted by atomic mass is 35.5. The summed E-state index contributed by atoms with van der Waals surface area (Å²) in [7, 11) is 0. The van der Waals surface area contributed by atoms with Crippen LogP contribution in [-0.2, 0) is 14.3 Å². The maximum absolute atomic E-state index is 11.6. The lowest BCUT2D eigenvalue weighted by molar-refractivity contribution is -0.137. The molecule has 2 N–H and O–H groups in total. The van der Waals surface area contributed by atoms with Crippen molar-refractivity contribution in [1.82, 2.24) is 0 Å².